The highest BCUT2D eigenvalue weighted by Crippen LogP contribution is 2.19. The highest BCUT2D eigenvalue weighted by molar-refractivity contribution is 7.89. The third-order valence-electron chi connectivity index (χ3n) is 4.12. The van der Waals surface area contributed by atoms with Gasteiger partial charge in [-0.3, -0.25) is 19.2 Å². The van der Waals surface area contributed by atoms with Crippen LogP contribution in [-0.2, 0) is 29.2 Å². The summed E-state index contributed by atoms with van der Waals surface area (Å²) in [4.78, 5) is 41.0. The van der Waals surface area contributed by atoms with E-state index in [0.29, 0.717) is 0 Å². The fourth-order valence-electron chi connectivity index (χ4n) is 2.66. The number of benzene rings is 1. The van der Waals surface area contributed by atoms with Crippen molar-refractivity contribution in [2.75, 3.05) is 6.61 Å². The second-order valence-corrected chi connectivity index (χ2v) is 8.17. The van der Waals surface area contributed by atoms with Gasteiger partial charge in [-0.05, 0) is 24.5 Å². The Morgan fingerprint density at radius 3 is 2.54 bits per heavy atom. The van der Waals surface area contributed by atoms with Crippen LogP contribution in [0.15, 0.2) is 35.2 Å². The van der Waals surface area contributed by atoms with E-state index in [9.17, 15) is 22.8 Å². The van der Waals surface area contributed by atoms with E-state index in [1.165, 1.54) is 12.1 Å². The molecule has 1 amide bonds. The molecule has 0 aliphatic carbocycles. The zero-order valence-corrected chi connectivity index (χ0v) is 15.4. The molecule has 1 aromatic rings. The van der Waals surface area contributed by atoms with Crippen molar-refractivity contribution in [1.29, 1.82) is 0 Å². The summed E-state index contributed by atoms with van der Waals surface area (Å²) in [6.45, 7) is 3.53. The highest BCUT2D eigenvalue weighted by atomic mass is 32.2. The minimum absolute atomic E-state index is 0.0526. The topological polar surface area (TPSA) is 119 Å². The van der Waals surface area contributed by atoms with Crippen LogP contribution in [0.25, 0.3) is 0 Å². The first-order valence-corrected chi connectivity index (χ1v) is 9.76. The van der Waals surface area contributed by atoms with Gasteiger partial charge in [-0.1, -0.05) is 32.0 Å². The monoisotopic (exact) mass is 382 g/mol. The second-order valence-electron chi connectivity index (χ2n) is 6.46. The summed E-state index contributed by atoms with van der Waals surface area (Å²) in [5, 5.41) is 0. The van der Waals surface area contributed by atoms with Crippen LogP contribution in [0.2, 0.25) is 0 Å². The van der Waals surface area contributed by atoms with Gasteiger partial charge >= 0.3 is 5.91 Å². The molecule has 26 heavy (non-hydrogen) atoms. The molecule has 142 valence electrons. The molecule has 0 saturated carbocycles. The second kappa shape index (κ2) is 8.52. The number of sulfonamides is 1. The van der Waals surface area contributed by atoms with Crippen molar-refractivity contribution >= 4 is 27.5 Å². The van der Waals surface area contributed by atoms with E-state index >= 15 is 0 Å². The molecule has 9 heteroatoms. The molecule has 1 fully saturated rings. The average molecular weight is 382 g/mol. The fourth-order valence-corrected chi connectivity index (χ4v) is 4.05. The van der Waals surface area contributed by atoms with Crippen molar-refractivity contribution in [2.24, 2.45) is 11.8 Å². The van der Waals surface area contributed by atoms with Gasteiger partial charge in [-0.2, -0.15) is 0 Å². The molecular formula is C17H22N2O6S. The normalized spacial score (nSPS) is 19.7. The number of carbonyl (C=O) groups is 3. The van der Waals surface area contributed by atoms with Gasteiger partial charge < -0.3 is 0 Å². The molecule has 0 spiro atoms. The molecule has 1 aliphatic heterocycles. The molecule has 1 heterocycles. The number of hydrogen-bond donors (Lipinski definition) is 2. The number of Topliss-reactive ketones (excluding diaryl/α,β-unsaturated/α-hetero) is 2. The van der Waals surface area contributed by atoms with Crippen molar-refractivity contribution in [1.82, 2.24) is 10.2 Å². The van der Waals surface area contributed by atoms with E-state index in [2.05, 4.69) is 4.72 Å². The molecule has 8 nitrogen and oxygen atoms in total. The highest BCUT2D eigenvalue weighted by Gasteiger charge is 2.34. The van der Waals surface area contributed by atoms with Gasteiger partial charge in [0.25, 0.3) is 0 Å². The Kier molecular flexibility index (Phi) is 6.63. The molecular weight excluding hydrogens is 360 g/mol. The first-order chi connectivity index (χ1) is 12.2. The summed E-state index contributed by atoms with van der Waals surface area (Å²) in [5.74, 6) is -3.22. The summed E-state index contributed by atoms with van der Waals surface area (Å²) >= 11 is 0. The Morgan fingerprint density at radius 2 is 1.92 bits per heavy atom. The molecule has 1 saturated heterocycles. The van der Waals surface area contributed by atoms with Gasteiger partial charge in [0.1, 0.15) is 0 Å². The Hall–Kier alpha value is -2.10. The smallest absolute Gasteiger partial charge is 0.298 e. The van der Waals surface area contributed by atoms with Crippen molar-refractivity contribution in [2.45, 2.75) is 37.6 Å². The lowest BCUT2D eigenvalue weighted by Gasteiger charge is -2.22. The van der Waals surface area contributed by atoms with Crippen molar-refractivity contribution in [3.63, 3.8) is 0 Å². The maximum atomic E-state index is 12.7. The average Bonchev–Trinajstić information content (AvgIpc) is 2.76. The van der Waals surface area contributed by atoms with Gasteiger partial charge in [0, 0.05) is 12.3 Å². The number of rotatable bonds is 7. The van der Waals surface area contributed by atoms with Crippen molar-refractivity contribution in [3.05, 3.63) is 30.3 Å². The number of amides is 1. The van der Waals surface area contributed by atoms with E-state index < -0.39 is 39.5 Å². The maximum absolute atomic E-state index is 12.7. The largest absolute Gasteiger partial charge is 0.311 e. The summed E-state index contributed by atoms with van der Waals surface area (Å²) in [6, 6.07) is 6.73. The first kappa shape index (κ1) is 20.2. The zero-order valence-electron chi connectivity index (χ0n) is 14.6. The summed E-state index contributed by atoms with van der Waals surface area (Å²) in [7, 11) is -3.88. The number of ketones is 2. The number of carbonyl (C=O) groups excluding carboxylic acids is 3. The van der Waals surface area contributed by atoms with Crippen LogP contribution in [0.4, 0.5) is 0 Å². The number of hydroxylamine groups is 1. The van der Waals surface area contributed by atoms with E-state index in [0.717, 1.165) is 0 Å². The molecule has 2 N–H and O–H groups in total. The van der Waals surface area contributed by atoms with Crippen molar-refractivity contribution in [3.8, 4) is 0 Å². The minimum Gasteiger partial charge on any atom is -0.298 e. The van der Waals surface area contributed by atoms with E-state index in [1.807, 2.05) is 5.48 Å². The molecule has 2 atom stereocenters. The zero-order chi connectivity index (χ0) is 19.3. The Morgan fingerprint density at radius 1 is 1.27 bits per heavy atom. The van der Waals surface area contributed by atoms with Crippen molar-refractivity contribution < 1.29 is 27.6 Å². The SMILES string of the molecule is CC(C)C(NS(=O)(=O)c1ccccc1)C(=O)CC1CCONC(=O)C1=O. The van der Waals surface area contributed by atoms with Gasteiger partial charge in [0.15, 0.2) is 5.78 Å². The van der Waals surface area contributed by atoms with Crippen LogP contribution in [0.3, 0.4) is 0 Å². The van der Waals surface area contributed by atoms with Crippen LogP contribution < -0.4 is 10.2 Å². The molecule has 0 radical (unpaired) electrons. The lowest BCUT2D eigenvalue weighted by atomic mass is 9.89. The fraction of sp³-hybridized carbons (Fsp3) is 0.471. The molecule has 0 bridgehead atoms. The van der Waals surface area contributed by atoms with Crippen LogP contribution >= 0.6 is 0 Å². The van der Waals surface area contributed by atoms with Gasteiger partial charge in [-0.25, -0.2) is 18.6 Å². The van der Waals surface area contributed by atoms with Crippen LogP contribution in [0.5, 0.6) is 0 Å². The lowest BCUT2D eigenvalue weighted by Crippen LogP contribution is -2.45. The van der Waals surface area contributed by atoms with E-state index in [4.69, 9.17) is 4.84 Å². The van der Waals surface area contributed by atoms with Gasteiger partial charge in [0.2, 0.25) is 15.8 Å². The van der Waals surface area contributed by atoms with Crippen LogP contribution in [0, 0.1) is 11.8 Å². The first-order valence-electron chi connectivity index (χ1n) is 8.28. The van der Waals surface area contributed by atoms with Gasteiger partial charge in [0.05, 0.1) is 17.5 Å². The quantitative estimate of drug-likeness (QED) is 0.666. The standard InChI is InChI=1S/C17H22N2O6S/c1-11(2)15(19-26(23,24)13-6-4-3-5-7-13)14(20)10-12-8-9-25-18-17(22)16(12)21/h3-7,11-12,15,19H,8-10H2,1-2H3,(H,18,22). The third kappa shape index (κ3) is 4.96. The summed E-state index contributed by atoms with van der Waals surface area (Å²) in [5.41, 5.74) is 2.00. The predicted molar refractivity (Wildman–Crippen MR) is 92.2 cm³/mol. The van der Waals surface area contributed by atoms with Crippen LogP contribution in [0.1, 0.15) is 26.7 Å². The van der Waals surface area contributed by atoms with Gasteiger partial charge in [-0.15, -0.1) is 0 Å². The predicted octanol–water partition coefficient (Wildman–Crippen LogP) is 0.586. The van der Waals surface area contributed by atoms with E-state index in [-0.39, 0.29) is 30.3 Å². The maximum Gasteiger partial charge on any atom is 0.311 e. The summed E-state index contributed by atoms with van der Waals surface area (Å²) in [6.07, 6.45) is -0.0185. The Labute approximate surface area is 152 Å². The molecule has 2 unspecified atom stereocenters. The van der Waals surface area contributed by atoms with Crippen LogP contribution in [-0.4, -0.2) is 38.5 Å². The molecule has 1 aromatic carbocycles. The third-order valence-corrected chi connectivity index (χ3v) is 5.58. The molecule has 1 aliphatic rings. The summed E-state index contributed by atoms with van der Waals surface area (Å²) < 4.78 is 27.4. The number of nitrogens with one attached hydrogen (secondary N) is 2. The lowest BCUT2D eigenvalue weighted by molar-refractivity contribution is -0.145. The van der Waals surface area contributed by atoms with E-state index in [1.54, 1.807) is 32.0 Å². The Balaban J connectivity index is 2.15. The molecule has 0 aromatic heterocycles. The minimum atomic E-state index is -3.88. The molecule has 2 rings (SSSR count). The number of hydrogen-bond acceptors (Lipinski definition) is 6. The Bertz CT molecular complexity index is 776.